The van der Waals surface area contributed by atoms with Gasteiger partial charge in [0.15, 0.2) is 0 Å². The van der Waals surface area contributed by atoms with Crippen LogP contribution in [0.1, 0.15) is 25.7 Å². The van der Waals surface area contributed by atoms with Gasteiger partial charge in [0.2, 0.25) is 10.0 Å². The van der Waals surface area contributed by atoms with Gasteiger partial charge in [-0.3, -0.25) is 0 Å². The third kappa shape index (κ3) is 4.87. The molecule has 0 bridgehead atoms. The van der Waals surface area contributed by atoms with Crippen molar-refractivity contribution in [1.82, 2.24) is 4.31 Å². The van der Waals surface area contributed by atoms with Crippen molar-refractivity contribution in [1.29, 1.82) is 0 Å². The van der Waals surface area contributed by atoms with Gasteiger partial charge in [0.05, 0.1) is 11.4 Å². The molecule has 0 saturated carbocycles. The third-order valence-corrected chi connectivity index (χ3v) is 5.10. The van der Waals surface area contributed by atoms with E-state index in [4.69, 9.17) is 10.8 Å². The monoisotopic (exact) mass is 315 g/mol. The van der Waals surface area contributed by atoms with Gasteiger partial charge in [-0.1, -0.05) is 18.9 Å². The Labute approximate surface area is 127 Å². The topological polar surface area (TPSA) is 95.7 Å². The van der Waals surface area contributed by atoms with Crippen molar-refractivity contribution in [3.8, 4) is 0 Å². The maximum Gasteiger partial charge on any atom is 0.244 e. The molecule has 1 aromatic carbocycles. The minimum Gasteiger partial charge on any atom is -0.396 e. The number of nitrogens with two attached hydrogens (primary N) is 1. The highest BCUT2D eigenvalue weighted by Gasteiger charge is 2.21. The number of rotatable bonds is 9. The number of aliphatic hydroxyl groups is 1. The van der Waals surface area contributed by atoms with E-state index < -0.39 is 10.0 Å². The normalized spacial score (nSPS) is 11.8. The molecule has 6 nitrogen and oxygen atoms in total. The smallest absolute Gasteiger partial charge is 0.244 e. The van der Waals surface area contributed by atoms with Crippen LogP contribution in [0.3, 0.4) is 0 Å². The zero-order valence-corrected chi connectivity index (χ0v) is 13.5. The molecule has 0 atom stereocenters. The largest absolute Gasteiger partial charge is 0.396 e. The van der Waals surface area contributed by atoms with Crippen molar-refractivity contribution in [3.05, 3.63) is 18.2 Å². The van der Waals surface area contributed by atoms with Crippen LogP contribution in [0.5, 0.6) is 0 Å². The molecular weight excluding hydrogens is 290 g/mol. The van der Waals surface area contributed by atoms with E-state index in [0.717, 1.165) is 36.5 Å². The molecular formula is C14H25N3O3S. The van der Waals surface area contributed by atoms with Gasteiger partial charge >= 0.3 is 0 Å². The summed E-state index contributed by atoms with van der Waals surface area (Å²) in [7, 11) is -0.568. The Morgan fingerprint density at radius 3 is 2.48 bits per heavy atom. The first-order chi connectivity index (χ1) is 9.91. The SMILES string of the molecule is CN(C)S(=O)(=O)c1cccc(NCCCCCCO)c1N. The summed E-state index contributed by atoms with van der Waals surface area (Å²) in [6.45, 7) is 0.950. The number of nitrogens with one attached hydrogen (secondary N) is 1. The summed E-state index contributed by atoms with van der Waals surface area (Å²) in [6.07, 6.45) is 3.77. The molecule has 0 aromatic heterocycles. The predicted molar refractivity (Wildman–Crippen MR) is 85.8 cm³/mol. The lowest BCUT2D eigenvalue weighted by molar-refractivity contribution is 0.283. The lowest BCUT2D eigenvalue weighted by Crippen LogP contribution is -2.23. The second kappa shape index (κ2) is 8.21. The summed E-state index contributed by atoms with van der Waals surface area (Å²) in [5.74, 6) is 0. The fourth-order valence-corrected chi connectivity index (χ4v) is 2.97. The molecule has 0 aliphatic rings. The highest BCUT2D eigenvalue weighted by molar-refractivity contribution is 7.89. The molecule has 0 saturated heterocycles. The average molecular weight is 315 g/mol. The van der Waals surface area contributed by atoms with Gasteiger partial charge in [-0.2, -0.15) is 0 Å². The van der Waals surface area contributed by atoms with Crippen molar-refractivity contribution in [2.24, 2.45) is 0 Å². The number of benzene rings is 1. The van der Waals surface area contributed by atoms with Gasteiger partial charge in [-0.25, -0.2) is 12.7 Å². The van der Waals surface area contributed by atoms with Crippen molar-refractivity contribution in [2.75, 3.05) is 38.3 Å². The molecule has 0 heterocycles. The molecule has 0 aliphatic carbocycles. The predicted octanol–water partition coefficient (Wildman–Crippen LogP) is 1.48. The number of aliphatic hydroxyl groups excluding tert-OH is 1. The Morgan fingerprint density at radius 2 is 1.86 bits per heavy atom. The first-order valence-corrected chi connectivity index (χ1v) is 8.51. The van der Waals surface area contributed by atoms with Crippen LogP contribution in [0.4, 0.5) is 11.4 Å². The summed E-state index contributed by atoms with van der Waals surface area (Å²) in [6, 6.07) is 4.97. The fourth-order valence-electron chi connectivity index (χ4n) is 1.93. The Morgan fingerprint density at radius 1 is 1.19 bits per heavy atom. The zero-order chi connectivity index (χ0) is 15.9. The Balaban J connectivity index is 2.69. The number of para-hydroxylation sites is 1. The van der Waals surface area contributed by atoms with E-state index in [1.807, 2.05) is 0 Å². The van der Waals surface area contributed by atoms with Crippen molar-refractivity contribution >= 4 is 21.4 Å². The molecule has 4 N–H and O–H groups in total. The molecule has 0 amide bonds. The number of anilines is 2. The highest BCUT2D eigenvalue weighted by Crippen LogP contribution is 2.28. The van der Waals surface area contributed by atoms with E-state index in [0.29, 0.717) is 5.69 Å². The maximum absolute atomic E-state index is 12.1. The summed E-state index contributed by atoms with van der Waals surface area (Å²) in [4.78, 5) is 0.123. The first-order valence-electron chi connectivity index (χ1n) is 7.07. The molecule has 7 heteroatoms. The zero-order valence-electron chi connectivity index (χ0n) is 12.7. The van der Waals surface area contributed by atoms with Crippen LogP contribution in [0.15, 0.2) is 23.1 Å². The van der Waals surface area contributed by atoms with Crippen LogP contribution < -0.4 is 11.1 Å². The number of nitrogens with zero attached hydrogens (tertiary/aromatic N) is 1. The number of hydrogen-bond acceptors (Lipinski definition) is 5. The molecule has 21 heavy (non-hydrogen) atoms. The lowest BCUT2D eigenvalue weighted by atomic mass is 10.2. The van der Waals surface area contributed by atoms with Crippen molar-refractivity contribution < 1.29 is 13.5 Å². The third-order valence-electron chi connectivity index (χ3n) is 3.23. The van der Waals surface area contributed by atoms with Crippen molar-refractivity contribution in [2.45, 2.75) is 30.6 Å². The molecule has 0 fully saturated rings. The summed E-state index contributed by atoms with van der Waals surface area (Å²) >= 11 is 0. The average Bonchev–Trinajstić information content (AvgIpc) is 2.43. The Hall–Kier alpha value is -1.31. The Kier molecular flexibility index (Phi) is 6.94. The summed E-state index contributed by atoms with van der Waals surface area (Å²) < 4.78 is 25.4. The van der Waals surface area contributed by atoms with Gasteiger partial charge in [-0.15, -0.1) is 0 Å². The number of hydrogen-bond donors (Lipinski definition) is 3. The second-order valence-corrected chi connectivity index (χ2v) is 7.19. The molecule has 0 spiro atoms. The summed E-state index contributed by atoms with van der Waals surface area (Å²) in [5.41, 5.74) is 6.86. The van der Waals surface area contributed by atoms with Crippen LogP contribution in [0, 0.1) is 0 Å². The van der Waals surface area contributed by atoms with Crippen LogP contribution in [-0.4, -0.2) is 45.1 Å². The molecule has 1 aromatic rings. The van der Waals surface area contributed by atoms with Crippen LogP contribution in [0.2, 0.25) is 0 Å². The van der Waals surface area contributed by atoms with E-state index in [9.17, 15) is 8.42 Å². The second-order valence-electron chi connectivity index (χ2n) is 5.07. The standard InChI is InChI=1S/C14H25N3O3S/c1-17(2)21(19,20)13-9-7-8-12(14(13)15)16-10-5-3-4-6-11-18/h7-9,16,18H,3-6,10-11,15H2,1-2H3. The Bertz CT molecular complexity index is 544. The van der Waals surface area contributed by atoms with Crippen LogP contribution in [-0.2, 0) is 10.0 Å². The van der Waals surface area contributed by atoms with Gasteiger partial charge in [0.25, 0.3) is 0 Å². The minimum atomic E-state index is -3.53. The van der Waals surface area contributed by atoms with E-state index >= 15 is 0 Å². The van der Waals surface area contributed by atoms with E-state index in [1.165, 1.54) is 20.2 Å². The number of nitrogen functional groups attached to an aromatic ring is 1. The fraction of sp³-hybridized carbons (Fsp3) is 0.571. The quantitative estimate of drug-likeness (QED) is 0.474. The summed E-state index contributed by atoms with van der Waals surface area (Å²) in [5, 5.41) is 11.9. The number of unbranched alkanes of at least 4 members (excludes halogenated alkanes) is 3. The van der Waals surface area contributed by atoms with E-state index in [1.54, 1.807) is 12.1 Å². The van der Waals surface area contributed by atoms with Gasteiger partial charge in [0, 0.05) is 27.2 Å². The molecule has 0 unspecified atom stereocenters. The molecule has 120 valence electrons. The number of sulfonamides is 1. The van der Waals surface area contributed by atoms with Gasteiger partial charge < -0.3 is 16.2 Å². The first kappa shape index (κ1) is 17.7. The molecule has 0 radical (unpaired) electrons. The van der Waals surface area contributed by atoms with Crippen LogP contribution in [0.25, 0.3) is 0 Å². The van der Waals surface area contributed by atoms with Gasteiger partial charge in [0.1, 0.15) is 4.90 Å². The lowest BCUT2D eigenvalue weighted by Gasteiger charge is -2.16. The van der Waals surface area contributed by atoms with Crippen LogP contribution >= 0.6 is 0 Å². The highest BCUT2D eigenvalue weighted by atomic mass is 32.2. The molecule has 1 rings (SSSR count). The maximum atomic E-state index is 12.1. The minimum absolute atomic E-state index is 0.123. The van der Waals surface area contributed by atoms with Crippen molar-refractivity contribution in [3.63, 3.8) is 0 Å². The van der Waals surface area contributed by atoms with E-state index in [-0.39, 0.29) is 17.2 Å². The van der Waals surface area contributed by atoms with E-state index in [2.05, 4.69) is 5.32 Å². The molecule has 0 aliphatic heterocycles. The van der Waals surface area contributed by atoms with Gasteiger partial charge in [-0.05, 0) is 25.0 Å².